The predicted molar refractivity (Wildman–Crippen MR) is 232 cm³/mol. The molecule has 0 unspecified atom stereocenters. The first-order chi connectivity index (χ1) is 27.7. The Morgan fingerprint density at radius 3 is 1.92 bits per heavy atom. The zero-order valence-electron chi connectivity index (χ0n) is 36.7. The minimum atomic E-state index is -0.519. The van der Waals surface area contributed by atoms with Gasteiger partial charge in [0.15, 0.2) is 5.71 Å². The van der Waals surface area contributed by atoms with E-state index in [9.17, 15) is 9.59 Å². The van der Waals surface area contributed by atoms with Crippen LogP contribution in [0.2, 0.25) is 0 Å². The van der Waals surface area contributed by atoms with Gasteiger partial charge in [-0.05, 0) is 65.2 Å². The Bertz CT molecular complexity index is 1760. The molecule has 2 aromatic rings. The van der Waals surface area contributed by atoms with E-state index in [-0.39, 0.29) is 29.1 Å². The monoisotopic (exact) mass is 836 g/mol. The average molecular weight is 838 g/mol. The topological polar surface area (TPSA) is 111 Å². The molecule has 0 aromatic heterocycles. The molecule has 0 spiro atoms. The van der Waals surface area contributed by atoms with Gasteiger partial charge in [0.2, 0.25) is 11.6 Å². The molecule has 2 heterocycles. The van der Waals surface area contributed by atoms with E-state index >= 15 is 0 Å². The highest BCUT2D eigenvalue weighted by atomic mass is 35.5. The van der Waals surface area contributed by atoms with Gasteiger partial charge in [-0.15, -0.1) is 0 Å². The Labute approximate surface area is 359 Å². The molecule has 59 heavy (non-hydrogen) atoms. The number of rotatable bonds is 24. The number of fused-ring (bicyclic) bond motifs is 2. The summed E-state index contributed by atoms with van der Waals surface area (Å²) in [4.78, 5) is 26.5. The van der Waals surface area contributed by atoms with Crippen LogP contribution in [0, 0.1) is 0 Å². The summed E-state index contributed by atoms with van der Waals surface area (Å²) in [7, 11) is 2.15. The number of benzene rings is 2. The summed E-state index contributed by atoms with van der Waals surface area (Å²) >= 11 is 0. The van der Waals surface area contributed by atoms with E-state index in [1.807, 2.05) is 20.8 Å². The summed E-state index contributed by atoms with van der Waals surface area (Å²) in [6, 6.07) is 17.4. The fraction of sp³-hybridized carbons (Fsp3) is 0.553. The van der Waals surface area contributed by atoms with Crippen LogP contribution in [0.25, 0.3) is 0 Å². The number of unbranched alkanes of at least 4 members (excludes halogenated alkanes) is 2. The summed E-state index contributed by atoms with van der Waals surface area (Å²) in [5.41, 5.74) is 7.14. The van der Waals surface area contributed by atoms with E-state index < -0.39 is 11.7 Å². The van der Waals surface area contributed by atoms with Crippen LogP contribution in [0.5, 0.6) is 0 Å². The number of nitrogens with one attached hydrogen (secondary N) is 2. The predicted octanol–water partition coefficient (Wildman–Crippen LogP) is 4.76. The maximum Gasteiger partial charge on any atom is 0.407 e. The van der Waals surface area contributed by atoms with Crippen molar-refractivity contribution in [2.24, 2.45) is 0 Å². The number of para-hydroxylation sites is 2. The number of alkyl carbamates (subject to hydrolysis) is 1. The Kier molecular flexibility index (Phi) is 20.3. The number of carbonyl (C=O) groups excluding carboxylic acids is 2. The molecule has 0 bridgehead atoms. The Balaban J connectivity index is 0.00000930. The van der Waals surface area contributed by atoms with Gasteiger partial charge < -0.3 is 51.6 Å². The van der Waals surface area contributed by atoms with Crippen molar-refractivity contribution >= 4 is 29.1 Å². The SMILES string of the molecule is C[N+]1=C(/C=C/C=C/C=C2\N(CCCCCC(=O)NCCOCCOCCOCCOCCNC(=O)OC(C)(C)C)c3ccccc3C2(C)C)C(C)(C)c2ccccc21.[Cl-]. The van der Waals surface area contributed by atoms with Crippen LogP contribution in [0.15, 0.2) is 84.6 Å². The lowest BCUT2D eigenvalue weighted by molar-refractivity contribution is -0.401. The molecule has 11 nitrogen and oxygen atoms in total. The van der Waals surface area contributed by atoms with E-state index in [1.165, 1.54) is 33.9 Å². The normalized spacial score (nSPS) is 16.1. The molecule has 12 heteroatoms. The van der Waals surface area contributed by atoms with Crippen molar-refractivity contribution in [2.45, 2.75) is 90.6 Å². The summed E-state index contributed by atoms with van der Waals surface area (Å²) in [6.45, 7) is 19.9. The lowest BCUT2D eigenvalue weighted by Crippen LogP contribution is -3.00. The second kappa shape index (κ2) is 24.3. The summed E-state index contributed by atoms with van der Waals surface area (Å²) in [5, 5.41) is 5.61. The van der Waals surface area contributed by atoms with Gasteiger partial charge in [0.25, 0.3) is 0 Å². The van der Waals surface area contributed by atoms with E-state index in [0.717, 1.165) is 25.8 Å². The fourth-order valence-corrected chi connectivity index (χ4v) is 7.43. The Morgan fingerprint density at radius 2 is 1.29 bits per heavy atom. The van der Waals surface area contributed by atoms with Crippen molar-refractivity contribution in [1.82, 2.24) is 10.6 Å². The number of anilines is 1. The van der Waals surface area contributed by atoms with Crippen molar-refractivity contribution in [3.05, 3.63) is 95.7 Å². The molecule has 2 amide bonds. The molecule has 0 saturated heterocycles. The van der Waals surface area contributed by atoms with Crippen LogP contribution >= 0.6 is 0 Å². The number of hydrogen-bond donors (Lipinski definition) is 2. The number of amides is 2. The van der Waals surface area contributed by atoms with Crippen molar-refractivity contribution < 1.29 is 50.3 Å². The second-order valence-electron chi connectivity index (χ2n) is 16.7. The molecule has 326 valence electrons. The average Bonchev–Trinajstić information content (AvgIpc) is 3.51. The Hall–Kier alpha value is -4.00. The largest absolute Gasteiger partial charge is 1.00 e. The number of nitrogens with zero attached hydrogens (tertiary/aromatic N) is 2. The molecule has 2 N–H and O–H groups in total. The maximum atomic E-state index is 12.5. The van der Waals surface area contributed by atoms with E-state index in [2.05, 4.69) is 134 Å². The molecule has 2 aliphatic heterocycles. The minimum absolute atomic E-state index is 0. The van der Waals surface area contributed by atoms with Gasteiger partial charge in [-0.3, -0.25) is 4.79 Å². The highest BCUT2D eigenvalue weighted by molar-refractivity contribution is 6.03. The molecule has 2 aromatic carbocycles. The first-order valence-corrected chi connectivity index (χ1v) is 20.9. The molecular weight excluding hydrogens is 768 g/mol. The molecule has 4 rings (SSSR count). The highest BCUT2D eigenvalue weighted by Gasteiger charge is 2.42. The quantitative estimate of drug-likeness (QED) is 0.0887. The molecule has 0 aliphatic carbocycles. The van der Waals surface area contributed by atoms with Crippen molar-refractivity contribution in [2.75, 3.05) is 84.4 Å². The number of ether oxygens (including phenoxy) is 5. The fourth-order valence-electron chi connectivity index (χ4n) is 7.43. The zero-order chi connectivity index (χ0) is 42.0. The summed E-state index contributed by atoms with van der Waals surface area (Å²) in [6.07, 6.45) is 13.8. The third-order valence-electron chi connectivity index (χ3n) is 10.4. The van der Waals surface area contributed by atoms with Gasteiger partial charge >= 0.3 is 6.09 Å². The molecule has 0 radical (unpaired) electrons. The minimum Gasteiger partial charge on any atom is -1.00 e. The van der Waals surface area contributed by atoms with Crippen molar-refractivity contribution in [1.29, 1.82) is 0 Å². The summed E-state index contributed by atoms with van der Waals surface area (Å²) in [5.74, 6) is 0.0564. The lowest BCUT2D eigenvalue weighted by Gasteiger charge is -2.27. The van der Waals surface area contributed by atoms with E-state index in [1.54, 1.807) is 0 Å². The molecule has 0 atom stereocenters. The molecule has 2 aliphatic rings. The maximum absolute atomic E-state index is 12.5. The zero-order valence-corrected chi connectivity index (χ0v) is 37.5. The van der Waals surface area contributed by atoms with Gasteiger partial charge in [0, 0.05) is 60.6 Å². The van der Waals surface area contributed by atoms with Crippen molar-refractivity contribution in [3.8, 4) is 0 Å². The van der Waals surface area contributed by atoms with Gasteiger partial charge in [-0.1, -0.05) is 74.9 Å². The second-order valence-corrected chi connectivity index (χ2v) is 16.7. The standard InChI is InChI=1S/C47H68N4O7.ClH/c1-45(2,3)58-44(53)49-27-30-55-32-34-57-36-35-56-33-31-54-29-26-48-43(52)25-13-10-18-28-51-40-22-17-15-20-38(40)47(6,7)42(51)24-12-9-11-23-41-46(4,5)37-19-14-16-21-39(37)50(41)8;/h9,11-12,14-17,19-24H,10,13,18,25-36H2,1-8H3,(H-,48,49,52,53);1H. The van der Waals surface area contributed by atoms with E-state index in [4.69, 9.17) is 23.7 Å². The van der Waals surface area contributed by atoms with Crippen molar-refractivity contribution in [3.63, 3.8) is 0 Å². The molecule has 0 saturated carbocycles. The van der Waals surface area contributed by atoms with Gasteiger partial charge in [-0.2, -0.15) is 4.58 Å². The van der Waals surface area contributed by atoms with Crippen LogP contribution in [0.1, 0.15) is 85.3 Å². The smallest absolute Gasteiger partial charge is 0.407 e. The lowest BCUT2D eigenvalue weighted by atomic mass is 9.81. The van der Waals surface area contributed by atoms with Gasteiger partial charge in [0.05, 0.1) is 58.3 Å². The molecular formula is C47H69ClN4O7. The number of hydrogen-bond acceptors (Lipinski definition) is 8. The van der Waals surface area contributed by atoms with E-state index in [0.29, 0.717) is 72.4 Å². The van der Waals surface area contributed by atoms with Crippen LogP contribution < -0.4 is 27.9 Å². The number of carbonyl (C=O) groups is 2. The first-order valence-electron chi connectivity index (χ1n) is 20.9. The van der Waals surface area contributed by atoms with Crippen LogP contribution in [0.4, 0.5) is 16.2 Å². The first kappa shape index (κ1) is 49.4. The number of halogens is 1. The van der Waals surface area contributed by atoms with Crippen LogP contribution in [0.3, 0.4) is 0 Å². The molecule has 0 fully saturated rings. The summed E-state index contributed by atoms with van der Waals surface area (Å²) < 4.78 is 29.5. The van der Waals surface area contributed by atoms with Crippen LogP contribution in [-0.4, -0.2) is 107 Å². The van der Waals surface area contributed by atoms with Gasteiger partial charge in [-0.25, -0.2) is 4.79 Å². The highest BCUT2D eigenvalue weighted by Crippen LogP contribution is 2.47. The third-order valence-corrected chi connectivity index (χ3v) is 10.4. The third kappa shape index (κ3) is 15.2. The Morgan fingerprint density at radius 1 is 0.712 bits per heavy atom. The van der Waals surface area contributed by atoms with Gasteiger partial charge in [0.1, 0.15) is 12.6 Å². The van der Waals surface area contributed by atoms with Crippen LogP contribution in [-0.2, 0) is 39.3 Å². The number of allylic oxidation sites excluding steroid dienone is 6.